The van der Waals surface area contributed by atoms with E-state index in [0.29, 0.717) is 18.2 Å². The summed E-state index contributed by atoms with van der Waals surface area (Å²) in [4.78, 5) is 40.5. The Labute approximate surface area is 265 Å². The summed E-state index contributed by atoms with van der Waals surface area (Å²) >= 11 is 13.3. The predicted octanol–water partition coefficient (Wildman–Crippen LogP) is -0.279. The minimum absolute atomic E-state index is 0.00854. The number of fused-ring (bicyclic) bond motifs is 2. The number of nitrogens with zero attached hydrogens (tertiary/aromatic N) is 2. The summed E-state index contributed by atoms with van der Waals surface area (Å²) in [6.07, 6.45) is -3.45. The predicted molar refractivity (Wildman–Crippen MR) is 159 cm³/mol. The van der Waals surface area contributed by atoms with Gasteiger partial charge >= 0.3 is 0 Å². The van der Waals surface area contributed by atoms with E-state index in [1.165, 1.54) is 0 Å². The fourth-order valence-electron chi connectivity index (χ4n) is 6.42. The Morgan fingerprint density at radius 3 is 1.95 bits per heavy atom. The first kappa shape index (κ1) is 28.9. The van der Waals surface area contributed by atoms with Gasteiger partial charge in [-0.25, -0.2) is 9.98 Å². The van der Waals surface area contributed by atoms with Crippen molar-refractivity contribution in [2.24, 2.45) is 39.2 Å². The fraction of sp³-hybridized carbons (Fsp3) is 0.455. The molecule has 6 rings (SSSR count). The minimum atomic E-state index is -1.89. The van der Waals surface area contributed by atoms with Crippen molar-refractivity contribution in [1.82, 2.24) is 31.2 Å². The van der Waals surface area contributed by atoms with Gasteiger partial charge in [-0.15, -0.1) is 0 Å². The molecule has 2 aromatic rings. The van der Waals surface area contributed by atoms with Gasteiger partial charge in [-0.05, 0) is 81.8 Å². The van der Waals surface area contributed by atoms with Gasteiger partial charge in [0.15, 0.2) is 23.9 Å². The Balaban J connectivity index is 1.34. The Hall–Kier alpha value is -2.16. The summed E-state index contributed by atoms with van der Waals surface area (Å²) in [5.41, 5.74) is 9.26. The van der Waals surface area contributed by atoms with Crippen molar-refractivity contribution in [3.63, 3.8) is 0 Å². The van der Waals surface area contributed by atoms with Crippen LogP contribution in [0.25, 0.3) is 0 Å². The SMILES string of the molecule is NC1=NC2OC3N=C(N)NC34C(O)C(CNC(=O)c3cc(Br)c(Br)[nH]3)C(CNC(=O)c3cc(Br)c(Br)[nH]3)C4C2(O)N1. The highest BCUT2D eigenvalue weighted by molar-refractivity contribution is 9.13. The van der Waals surface area contributed by atoms with Crippen LogP contribution in [0.3, 0.4) is 0 Å². The van der Waals surface area contributed by atoms with Crippen molar-refractivity contribution in [2.45, 2.75) is 29.8 Å². The molecule has 8 unspecified atom stereocenters. The van der Waals surface area contributed by atoms with Gasteiger partial charge in [-0.1, -0.05) is 0 Å². The molecule has 41 heavy (non-hydrogen) atoms. The van der Waals surface area contributed by atoms with Crippen molar-refractivity contribution in [1.29, 1.82) is 0 Å². The van der Waals surface area contributed by atoms with E-state index in [1.807, 2.05) is 0 Å². The number of aliphatic imine (C=N–C) groups is 2. The van der Waals surface area contributed by atoms with Crippen LogP contribution in [0.1, 0.15) is 21.0 Å². The van der Waals surface area contributed by atoms with Gasteiger partial charge in [0.2, 0.25) is 6.23 Å². The van der Waals surface area contributed by atoms with Crippen LogP contribution in [0.15, 0.2) is 40.3 Å². The number of hydrogen-bond acceptors (Lipinski definition) is 11. The van der Waals surface area contributed by atoms with E-state index in [1.54, 1.807) is 12.1 Å². The number of amides is 2. The summed E-state index contributed by atoms with van der Waals surface area (Å²) in [7, 11) is 0. The van der Waals surface area contributed by atoms with Crippen LogP contribution in [-0.2, 0) is 4.74 Å². The molecule has 2 fully saturated rings. The number of aromatic nitrogens is 2. The van der Waals surface area contributed by atoms with Crippen LogP contribution in [0.5, 0.6) is 0 Å². The Morgan fingerprint density at radius 2 is 1.41 bits per heavy atom. The maximum atomic E-state index is 13.1. The van der Waals surface area contributed by atoms with Crippen molar-refractivity contribution in [3.8, 4) is 0 Å². The molecule has 12 N–H and O–H groups in total. The van der Waals surface area contributed by atoms with Crippen molar-refractivity contribution in [2.75, 3.05) is 13.1 Å². The maximum Gasteiger partial charge on any atom is 0.267 e. The van der Waals surface area contributed by atoms with Gasteiger partial charge in [0.1, 0.15) is 16.9 Å². The molecule has 2 amide bonds. The lowest BCUT2D eigenvalue weighted by Gasteiger charge is -2.51. The number of halogens is 4. The molecule has 4 aliphatic rings. The first-order valence-electron chi connectivity index (χ1n) is 12.3. The smallest absolute Gasteiger partial charge is 0.267 e. The summed E-state index contributed by atoms with van der Waals surface area (Å²) in [5.74, 6) is -3.18. The third kappa shape index (κ3) is 4.51. The number of hydrogen-bond donors (Lipinski definition) is 10. The number of ether oxygens (including phenoxy) is 1. The Bertz CT molecular complexity index is 1460. The third-order valence-electron chi connectivity index (χ3n) is 8.03. The average Bonchev–Trinajstić information content (AvgIpc) is 3.66. The van der Waals surface area contributed by atoms with Crippen molar-refractivity contribution in [3.05, 3.63) is 41.7 Å². The molecule has 5 heterocycles. The Morgan fingerprint density at radius 1 is 0.902 bits per heavy atom. The second kappa shape index (κ2) is 10.2. The molecule has 2 aromatic heterocycles. The Kier molecular flexibility index (Phi) is 7.22. The molecule has 0 bridgehead atoms. The number of nitrogens with two attached hydrogens (primary N) is 2. The number of rotatable bonds is 6. The van der Waals surface area contributed by atoms with Crippen LogP contribution >= 0.6 is 63.7 Å². The maximum absolute atomic E-state index is 13.1. The summed E-state index contributed by atoms with van der Waals surface area (Å²) in [5, 5.41) is 35.5. The normalized spacial score (nSPS) is 35.0. The van der Waals surface area contributed by atoms with E-state index in [2.05, 4.69) is 105 Å². The number of nitrogens with one attached hydrogen (secondary N) is 6. The van der Waals surface area contributed by atoms with Gasteiger partial charge in [-0.2, -0.15) is 0 Å². The van der Waals surface area contributed by atoms with Crippen LogP contribution in [0.4, 0.5) is 0 Å². The lowest BCUT2D eigenvalue weighted by Crippen LogP contribution is -2.76. The van der Waals surface area contributed by atoms with Gasteiger partial charge in [0.25, 0.3) is 11.8 Å². The van der Waals surface area contributed by atoms with Crippen LogP contribution in [0.2, 0.25) is 0 Å². The monoisotopic (exact) mass is 824 g/mol. The van der Waals surface area contributed by atoms with Crippen molar-refractivity contribution < 1.29 is 24.5 Å². The number of carbonyl (C=O) groups excluding carboxylic acids is 2. The molecule has 3 aliphatic heterocycles. The van der Waals surface area contributed by atoms with E-state index < -0.39 is 59.4 Å². The van der Waals surface area contributed by atoms with Crippen LogP contribution in [-0.4, -0.2) is 86.8 Å². The second-order valence-corrected chi connectivity index (χ2v) is 13.5. The number of aliphatic hydroxyl groups excluding tert-OH is 1. The first-order chi connectivity index (χ1) is 19.3. The van der Waals surface area contributed by atoms with E-state index in [9.17, 15) is 19.8 Å². The van der Waals surface area contributed by atoms with Crippen molar-refractivity contribution >= 4 is 87.5 Å². The van der Waals surface area contributed by atoms with Gasteiger partial charge in [-0.3, -0.25) is 9.59 Å². The molecule has 8 atom stereocenters. The van der Waals surface area contributed by atoms with E-state index >= 15 is 0 Å². The number of H-pyrrole nitrogens is 2. The zero-order valence-electron chi connectivity index (χ0n) is 20.7. The molecule has 19 heteroatoms. The molecule has 1 spiro atoms. The largest absolute Gasteiger partial charge is 0.390 e. The lowest BCUT2D eigenvalue weighted by molar-refractivity contribution is -0.243. The molecule has 0 radical (unpaired) electrons. The van der Waals surface area contributed by atoms with Gasteiger partial charge in [0, 0.05) is 24.9 Å². The van der Waals surface area contributed by atoms with Gasteiger partial charge < -0.3 is 57.7 Å². The zero-order valence-corrected chi connectivity index (χ0v) is 27.1. The van der Waals surface area contributed by atoms with E-state index in [-0.39, 0.29) is 36.4 Å². The van der Waals surface area contributed by atoms with Crippen LogP contribution < -0.4 is 32.7 Å². The highest BCUT2D eigenvalue weighted by Gasteiger charge is 2.76. The molecular formula is C22H24Br4N10O5. The topological polar surface area (TPSA) is 240 Å². The number of carbonyl (C=O) groups is 2. The highest BCUT2D eigenvalue weighted by atomic mass is 79.9. The number of aromatic amines is 2. The van der Waals surface area contributed by atoms with Gasteiger partial charge in [0.05, 0.1) is 24.3 Å². The molecular weight excluding hydrogens is 804 g/mol. The third-order valence-corrected chi connectivity index (χ3v) is 11.6. The summed E-state index contributed by atoms with van der Waals surface area (Å²) in [6.45, 7) is -0.0420. The van der Waals surface area contributed by atoms with Crippen LogP contribution in [0, 0.1) is 17.8 Å². The highest BCUT2D eigenvalue weighted by Crippen LogP contribution is 2.57. The molecule has 220 valence electrons. The standard InChI is InChI=1S/C22H24Br4N10O5/c23-7-1-9(31-13(7)25)15(38)29-3-5-6(4-30-16(39)10-2-8(24)14(26)32-10)12(37)21-11(5)22(40)18(34-20(28)36-22)41-17(21)33-19(27)35-21/h1-2,5-6,11-12,17-18,31-32,37,40H,3-4H2,(H,29,38)(H,30,39)(H3,27,33,35)(H3,28,34,36). The average molecular weight is 828 g/mol. The molecule has 0 aromatic carbocycles. The summed E-state index contributed by atoms with van der Waals surface area (Å²) < 4.78 is 8.51. The van der Waals surface area contributed by atoms with E-state index in [4.69, 9.17) is 16.2 Å². The quantitative estimate of drug-likeness (QED) is 0.184. The lowest BCUT2D eigenvalue weighted by atomic mass is 9.71. The molecule has 1 saturated carbocycles. The zero-order chi connectivity index (χ0) is 29.4. The minimum Gasteiger partial charge on any atom is -0.390 e. The summed E-state index contributed by atoms with van der Waals surface area (Å²) in [6, 6.07) is 3.23. The second-order valence-electron chi connectivity index (χ2n) is 10.2. The fourth-order valence-corrected chi connectivity index (χ4v) is 7.73. The number of guanidine groups is 2. The first-order valence-corrected chi connectivity index (χ1v) is 15.5. The molecule has 15 nitrogen and oxygen atoms in total. The number of aliphatic hydroxyl groups is 2. The molecule has 1 saturated heterocycles. The van der Waals surface area contributed by atoms with E-state index in [0.717, 1.165) is 0 Å². The molecule has 1 aliphatic carbocycles.